The molecule has 0 aromatic heterocycles. The van der Waals surface area contributed by atoms with Gasteiger partial charge in [-0.2, -0.15) is 0 Å². The van der Waals surface area contributed by atoms with Crippen LogP contribution in [0.15, 0.2) is 0 Å². The molecule has 0 heterocycles. The van der Waals surface area contributed by atoms with Crippen molar-refractivity contribution in [2.45, 2.75) is 174 Å². The second-order valence-electron chi connectivity index (χ2n) is 12.7. The number of ether oxygens (including phenoxy) is 2. The number of unbranched alkanes of at least 4 members (excludes halogenated alkanes) is 20. The number of aliphatic hydroxyl groups excluding tert-OH is 1. The SMILES string of the molecule is CO.[B]C[N+](C)(C)CC(COC(=O)CCCCCCCCCCCCC)OC(=O)CCCCCCCCCCCCC. The molecule has 0 spiro atoms. The van der Waals surface area contributed by atoms with Crippen LogP contribution < -0.4 is 0 Å². The number of carbonyl (C=O) groups excluding carboxylic acids is 2. The van der Waals surface area contributed by atoms with Crippen LogP contribution in [0.5, 0.6) is 0 Å². The van der Waals surface area contributed by atoms with Crippen molar-refractivity contribution in [1.29, 1.82) is 0 Å². The highest BCUT2D eigenvalue weighted by atomic mass is 16.6. The van der Waals surface area contributed by atoms with Crippen molar-refractivity contribution in [2.24, 2.45) is 0 Å². The number of nitrogens with zero attached hydrogens (tertiary/aromatic N) is 1. The zero-order valence-corrected chi connectivity index (χ0v) is 28.8. The van der Waals surface area contributed by atoms with Gasteiger partial charge in [-0.1, -0.05) is 142 Å². The molecule has 42 heavy (non-hydrogen) atoms. The van der Waals surface area contributed by atoms with Crippen LogP contribution in [0, 0.1) is 0 Å². The molecule has 0 amide bonds. The molecule has 6 nitrogen and oxygen atoms in total. The third kappa shape index (κ3) is 31.9. The minimum atomic E-state index is -0.458. The number of esters is 2. The molecule has 0 aliphatic carbocycles. The first-order chi connectivity index (χ1) is 20.3. The van der Waals surface area contributed by atoms with Crippen LogP contribution in [0.2, 0.25) is 0 Å². The number of aliphatic hydroxyl groups is 1. The summed E-state index contributed by atoms with van der Waals surface area (Å²) in [5, 5.41) is 7.00. The first-order valence-electron chi connectivity index (χ1n) is 17.7. The molecule has 0 aromatic rings. The van der Waals surface area contributed by atoms with Crippen molar-refractivity contribution in [2.75, 3.05) is 40.8 Å². The first-order valence-corrected chi connectivity index (χ1v) is 17.7. The quantitative estimate of drug-likeness (QED) is 0.0389. The number of hydrogen-bond donors (Lipinski definition) is 1. The van der Waals surface area contributed by atoms with Crippen molar-refractivity contribution < 1.29 is 28.7 Å². The van der Waals surface area contributed by atoms with Crippen molar-refractivity contribution in [3.63, 3.8) is 0 Å². The summed E-state index contributed by atoms with van der Waals surface area (Å²) in [4.78, 5) is 24.8. The Hall–Kier alpha value is -1.08. The van der Waals surface area contributed by atoms with Crippen LogP contribution >= 0.6 is 0 Å². The van der Waals surface area contributed by atoms with Gasteiger partial charge in [0.15, 0.2) is 6.10 Å². The van der Waals surface area contributed by atoms with E-state index in [9.17, 15) is 9.59 Å². The smallest absolute Gasteiger partial charge is 0.306 e. The van der Waals surface area contributed by atoms with Gasteiger partial charge in [0.2, 0.25) is 0 Å². The van der Waals surface area contributed by atoms with Gasteiger partial charge in [-0.05, 0) is 12.8 Å². The lowest BCUT2D eigenvalue weighted by Crippen LogP contribution is -2.48. The van der Waals surface area contributed by atoms with E-state index in [-0.39, 0.29) is 18.5 Å². The predicted octanol–water partition coefficient (Wildman–Crippen LogP) is 8.65. The Morgan fingerprint density at radius 1 is 0.595 bits per heavy atom. The first kappa shape index (κ1) is 43.1. The lowest BCUT2D eigenvalue weighted by Gasteiger charge is -2.32. The van der Waals surface area contributed by atoms with Gasteiger partial charge in [-0.3, -0.25) is 9.59 Å². The average Bonchev–Trinajstić information content (AvgIpc) is 2.98. The van der Waals surface area contributed by atoms with Gasteiger partial charge in [0.05, 0.1) is 14.1 Å². The average molecular weight is 597 g/mol. The van der Waals surface area contributed by atoms with Crippen molar-refractivity contribution in [1.82, 2.24) is 0 Å². The third-order valence-electron chi connectivity index (χ3n) is 7.89. The summed E-state index contributed by atoms with van der Waals surface area (Å²) in [6.45, 7) is 5.16. The van der Waals surface area contributed by atoms with Gasteiger partial charge >= 0.3 is 11.9 Å². The second kappa shape index (κ2) is 32.8. The maximum Gasteiger partial charge on any atom is 0.306 e. The molecule has 0 bridgehead atoms. The zero-order chi connectivity index (χ0) is 31.7. The zero-order valence-electron chi connectivity index (χ0n) is 28.8. The summed E-state index contributed by atoms with van der Waals surface area (Å²) in [7, 11) is 10.9. The van der Waals surface area contributed by atoms with E-state index in [1.54, 1.807) is 0 Å². The summed E-state index contributed by atoms with van der Waals surface area (Å²) >= 11 is 0. The van der Waals surface area contributed by atoms with E-state index in [0.717, 1.165) is 32.8 Å². The van der Waals surface area contributed by atoms with Gasteiger partial charge in [0.25, 0.3) is 0 Å². The van der Waals surface area contributed by atoms with Gasteiger partial charge in [-0.15, -0.1) is 0 Å². The van der Waals surface area contributed by atoms with Crippen LogP contribution in [0.25, 0.3) is 0 Å². The molecule has 1 N–H and O–H groups in total. The molecular weight excluding hydrogens is 525 g/mol. The molecule has 0 aliphatic heterocycles. The lowest BCUT2D eigenvalue weighted by atomic mass is 10.1. The molecule has 2 radical (unpaired) electrons. The summed E-state index contributed by atoms with van der Waals surface area (Å²) in [5.41, 5.74) is 0. The molecular formula is C35H71BNO5+. The topological polar surface area (TPSA) is 72.8 Å². The molecule has 0 saturated carbocycles. The maximum absolute atomic E-state index is 12.5. The molecule has 1 unspecified atom stereocenters. The molecule has 1 atom stereocenters. The molecule has 248 valence electrons. The molecule has 7 heteroatoms. The van der Waals surface area contributed by atoms with E-state index in [2.05, 4.69) is 13.8 Å². The number of rotatable bonds is 30. The van der Waals surface area contributed by atoms with Crippen molar-refractivity contribution in [3.8, 4) is 0 Å². The Balaban J connectivity index is 0. The largest absolute Gasteiger partial charge is 0.461 e. The number of hydrogen-bond acceptors (Lipinski definition) is 5. The van der Waals surface area contributed by atoms with E-state index in [1.165, 1.54) is 116 Å². The lowest BCUT2D eigenvalue weighted by molar-refractivity contribution is -0.882. The number of carbonyl (C=O) groups is 2. The van der Waals surface area contributed by atoms with Crippen LogP contribution in [0.3, 0.4) is 0 Å². The minimum Gasteiger partial charge on any atom is -0.461 e. The molecule has 0 rings (SSSR count). The summed E-state index contributed by atoms with van der Waals surface area (Å²) < 4.78 is 11.8. The molecule has 0 saturated heterocycles. The van der Waals surface area contributed by atoms with Crippen LogP contribution in [-0.2, 0) is 19.1 Å². The Kier molecular flexibility index (Phi) is 33.7. The molecule has 0 aromatic carbocycles. The van der Waals surface area contributed by atoms with Crippen LogP contribution in [-0.4, -0.2) is 76.3 Å². The Morgan fingerprint density at radius 3 is 1.29 bits per heavy atom. The Bertz CT molecular complexity index is 588. The fraction of sp³-hybridized carbons (Fsp3) is 0.943. The van der Waals surface area contributed by atoms with Crippen molar-refractivity contribution >= 4 is 19.8 Å². The standard InChI is InChI=1S/C34H67BNO4.CH4O/c1-5-7-9-11-13-15-17-19-21-23-25-27-33(37)39-30-32(29-36(3,4)31-35)40-34(38)28-26-24-22-20-18-16-14-12-10-8-6-2;1-2/h32H,5-31H2,1-4H3;2H,1H3/q+1;. The van der Waals surface area contributed by atoms with Crippen LogP contribution in [0.4, 0.5) is 0 Å². The van der Waals surface area contributed by atoms with Gasteiger partial charge < -0.3 is 19.1 Å². The normalized spacial score (nSPS) is 12.0. The molecule has 0 fully saturated rings. The third-order valence-corrected chi connectivity index (χ3v) is 7.89. The highest BCUT2D eigenvalue weighted by Gasteiger charge is 2.25. The van der Waals surface area contributed by atoms with E-state index in [0.29, 0.717) is 30.3 Å². The van der Waals surface area contributed by atoms with E-state index in [1.807, 2.05) is 14.1 Å². The highest BCUT2D eigenvalue weighted by Crippen LogP contribution is 2.14. The predicted molar refractivity (Wildman–Crippen MR) is 179 cm³/mol. The van der Waals surface area contributed by atoms with Gasteiger partial charge in [0.1, 0.15) is 21.0 Å². The Morgan fingerprint density at radius 2 is 0.929 bits per heavy atom. The highest BCUT2D eigenvalue weighted by molar-refractivity contribution is 6.08. The number of quaternary nitrogens is 1. The fourth-order valence-electron chi connectivity index (χ4n) is 5.12. The summed E-state index contributed by atoms with van der Waals surface area (Å²) in [6.07, 6.45) is 28.4. The van der Waals surface area contributed by atoms with Gasteiger partial charge in [-0.25, -0.2) is 0 Å². The maximum atomic E-state index is 12.5. The second-order valence-corrected chi connectivity index (χ2v) is 12.7. The summed E-state index contributed by atoms with van der Waals surface area (Å²) in [5.74, 6) is -0.389. The van der Waals surface area contributed by atoms with E-state index < -0.39 is 6.10 Å². The fourth-order valence-corrected chi connectivity index (χ4v) is 5.12. The van der Waals surface area contributed by atoms with Crippen molar-refractivity contribution in [3.05, 3.63) is 0 Å². The Labute approximate surface area is 263 Å². The van der Waals surface area contributed by atoms with E-state index >= 15 is 0 Å². The van der Waals surface area contributed by atoms with Gasteiger partial charge in [0, 0.05) is 26.4 Å². The number of likely N-dealkylation sites (N-methyl/N-ethyl adjacent to an activating group) is 1. The minimum absolute atomic E-state index is 0.114. The monoisotopic (exact) mass is 597 g/mol. The van der Waals surface area contributed by atoms with E-state index in [4.69, 9.17) is 22.4 Å². The summed E-state index contributed by atoms with van der Waals surface area (Å²) in [6, 6.07) is 0. The molecule has 0 aliphatic rings. The van der Waals surface area contributed by atoms with Crippen LogP contribution in [0.1, 0.15) is 168 Å².